The third-order valence-corrected chi connectivity index (χ3v) is 3.34. The zero-order chi connectivity index (χ0) is 13.5. The van der Waals surface area contributed by atoms with Gasteiger partial charge in [0.1, 0.15) is 5.78 Å². The summed E-state index contributed by atoms with van der Waals surface area (Å²) in [6, 6.07) is 6.85. The molecule has 18 heavy (non-hydrogen) atoms. The molecule has 0 heterocycles. The minimum atomic E-state index is -0.975. The molecule has 0 aromatic heterocycles. The highest BCUT2D eigenvalue weighted by atomic mass is 32.2. The maximum absolute atomic E-state index is 11.6. The van der Waals surface area contributed by atoms with E-state index in [0.29, 0.717) is 11.3 Å². The number of carbonyl (C=O) groups excluding carboxylic acids is 2. The van der Waals surface area contributed by atoms with Crippen LogP contribution in [-0.2, 0) is 9.59 Å². The molecule has 0 spiro atoms. The van der Waals surface area contributed by atoms with Crippen LogP contribution in [-0.4, -0.2) is 28.4 Å². The molecule has 96 valence electrons. The van der Waals surface area contributed by atoms with Gasteiger partial charge in [-0.1, -0.05) is 12.1 Å². The number of ketones is 2. The van der Waals surface area contributed by atoms with Crippen molar-refractivity contribution in [3.05, 3.63) is 29.8 Å². The number of hydrogen-bond acceptors (Lipinski definition) is 4. The van der Waals surface area contributed by atoms with Gasteiger partial charge in [0.2, 0.25) is 0 Å². The van der Waals surface area contributed by atoms with Gasteiger partial charge in [0.05, 0.1) is 12.2 Å². The van der Waals surface area contributed by atoms with Crippen molar-refractivity contribution >= 4 is 29.3 Å². The minimum absolute atomic E-state index is 0.00920. The van der Waals surface area contributed by atoms with Gasteiger partial charge >= 0.3 is 5.97 Å². The second-order valence-electron chi connectivity index (χ2n) is 3.83. The molecule has 0 bridgehead atoms. The smallest absolute Gasteiger partial charge is 0.303 e. The Hall–Kier alpha value is -1.62. The molecule has 4 nitrogen and oxygen atoms in total. The average Bonchev–Trinajstić information content (AvgIpc) is 2.34. The number of Topliss-reactive ketones (excluding diaryl/α,β-unsaturated/α-hetero) is 2. The molecule has 0 saturated carbocycles. The first-order valence-electron chi connectivity index (χ1n) is 5.46. The van der Waals surface area contributed by atoms with Crippen molar-refractivity contribution in [2.24, 2.45) is 0 Å². The van der Waals surface area contributed by atoms with Gasteiger partial charge in [-0.15, -0.1) is 11.8 Å². The average molecular weight is 266 g/mol. The molecule has 0 unspecified atom stereocenters. The number of carboxylic acids is 1. The Morgan fingerprint density at radius 1 is 1.11 bits per heavy atom. The molecule has 1 N–H and O–H groups in total. The maximum atomic E-state index is 11.6. The van der Waals surface area contributed by atoms with Crippen LogP contribution in [0.5, 0.6) is 0 Å². The van der Waals surface area contributed by atoms with E-state index in [9.17, 15) is 14.4 Å². The summed E-state index contributed by atoms with van der Waals surface area (Å²) in [5, 5.41) is 8.49. The van der Waals surface area contributed by atoms with Gasteiger partial charge < -0.3 is 5.11 Å². The summed E-state index contributed by atoms with van der Waals surface area (Å²) in [5.41, 5.74) is 0.503. The summed E-state index contributed by atoms with van der Waals surface area (Å²) >= 11 is 1.41. The van der Waals surface area contributed by atoms with Gasteiger partial charge in [0.15, 0.2) is 5.78 Å². The first-order valence-corrected chi connectivity index (χ1v) is 6.45. The molecule has 0 atom stereocenters. The van der Waals surface area contributed by atoms with E-state index in [-0.39, 0.29) is 24.4 Å². The summed E-state index contributed by atoms with van der Waals surface area (Å²) in [6.07, 6.45) is -0.144. The largest absolute Gasteiger partial charge is 0.481 e. The SMILES string of the molecule is CC(=O)CSc1ccc(C(=O)CCC(=O)O)cc1. The quantitative estimate of drug-likeness (QED) is 0.606. The van der Waals surface area contributed by atoms with Crippen molar-refractivity contribution in [2.75, 3.05) is 5.75 Å². The fourth-order valence-electron chi connectivity index (χ4n) is 1.29. The van der Waals surface area contributed by atoms with Crippen molar-refractivity contribution in [2.45, 2.75) is 24.7 Å². The van der Waals surface area contributed by atoms with E-state index in [1.54, 1.807) is 24.3 Å². The second-order valence-corrected chi connectivity index (χ2v) is 4.88. The van der Waals surface area contributed by atoms with Crippen LogP contribution >= 0.6 is 11.8 Å². The zero-order valence-corrected chi connectivity index (χ0v) is 10.8. The van der Waals surface area contributed by atoms with Crippen LogP contribution < -0.4 is 0 Å². The lowest BCUT2D eigenvalue weighted by Crippen LogP contribution is -2.03. The summed E-state index contributed by atoms with van der Waals surface area (Å²) in [6.45, 7) is 1.52. The number of aliphatic carboxylic acids is 1. The van der Waals surface area contributed by atoms with Crippen molar-refractivity contribution in [3.63, 3.8) is 0 Å². The van der Waals surface area contributed by atoms with E-state index in [2.05, 4.69) is 0 Å². The molecule has 0 amide bonds. The van der Waals surface area contributed by atoms with E-state index in [4.69, 9.17) is 5.11 Å². The van der Waals surface area contributed by atoms with Crippen LogP contribution in [0, 0.1) is 0 Å². The van der Waals surface area contributed by atoms with Crippen molar-refractivity contribution in [3.8, 4) is 0 Å². The predicted octanol–water partition coefficient (Wildman–Crippen LogP) is 2.42. The molecule has 0 aliphatic rings. The Bertz CT molecular complexity index is 451. The monoisotopic (exact) mass is 266 g/mol. The van der Waals surface area contributed by atoms with Crippen LogP contribution in [0.1, 0.15) is 30.1 Å². The van der Waals surface area contributed by atoms with Crippen LogP contribution in [0.2, 0.25) is 0 Å². The molecule has 1 rings (SSSR count). The first-order chi connectivity index (χ1) is 8.49. The molecular formula is C13H14O4S. The van der Waals surface area contributed by atoms with E-state index in [1.165, 1.54) is 18.7 Å². The minimum Gasteiger partial charge on any atom is -0.481 e. The Morgan fingerprint density at radius 2 is 1.72 bits per heavy atom. The van der Waals surface area contributed by atoms with Gasteiger partial charge in [-0.25, -0.2) is 0 Å². The molecule has 0 radical (unpaired) electrons. The van der Waals surface area contributed by atoms with Gasteiger partial charge in [-0.3, -0.25) is 14.4 Å². The Labute approximate surface area is 109 Å². The predicted molar refractivity (Wildman–Crippen MR) is 69.0 cm³/mol. The second kappa shape index (κ2) is 6.96. The number of carboxylic acid groups (broad SMARTS) is 1. The molecule has 5 heteroatoms. The topological polar surface area (TPSA) is 71.4 Å². The zero-order valence-electron chi connectivity index (χ0n) is 10.0. The molecular weight excluding hydrogens is 252 g/mol. The first kappa shape index (κ1) is 14.4. The van der Waals surface area contributed by atoms with Crippen molar-refractivity contribution < 1.29 is 19.5 Å². The Kier molecular flexibility index (Phi) is 5.58. The third kappa shape index (κ3) is 5.14. The van der Waals surface area contributed by atoms with Crippen molar-refractivity contribution in [1.29, 1.82) is 0 Å². The van der Waals surface area contributed by atoms with Crippen LogP contribution in [0.3, 0.4) is 0 Å². The van der Waals surface area contributed by atoms with Gasteiger partial charge in [0, 0.05) is 16.9 Å². The van der Waals surface area contributed by atoms with Gasteiger partial charge in [0.25, 0.3) is 0 Å². The molecule has 1 aromatic rings. The summed E-state index contributed by atoms with van der Waals surface area (Å²) in [7, 11) is 0. The van der Waals surface area contributed by atoms with Crippen molar-refractivity contribution in [1.82, 2.24) is 0 Å². The number of carbonyl (C=O) groups is 3. The summed E-state index contributed by atoms with van der Waals surface area (Å²) in [5.74, 6) is -0.647. The molecule has 1 aromatic carbocycles. The van der Waals surface area contributed by atoms with Crippen LogP contribution in [0.4, 0.5) is 0 Å². The lowest BCUT2D eigenvalue weighted by atomic mass is 10.1. The normalized spacial score (nSPS) is 10.1. The van der Waals surface area contributed by atoms with Crippen LogP contribution in [0.25, 0.3) is 0 Å². The van der Waals surface area contributed by atoms with Crippen LogP contribution in [0.15, 0.2) is 29.2 Å². The maximum Gasteiger partial charge on any atom is 0.303 e. The summed E-state index contributed by atoms with van der Waals surface area (Å²) < 4.78 is 0. The van der Waals surface area contributed by atoms with E-state index in [1.807, 2.05) is 0 Å². The fraction of sp³-hybridized carbons (Fsp3) is 0.308. The Morgan fingerprint density at radius 3 is 2.22 bits per heavy atom. The lowest BCUT2D eigenvalue weighted by molar-refractivity contribution is -0.137. The van der Waals surface area contributed by atoms with E-state index in [0.717, 1.165) is 4.90 Å². The molecule has 0 aliphatic heterocycles. The fourth-order valence-corrected chi connectivity index (χ4v) is 1.99. The number of thioether (sulfide) groups is 1. The molecule has 0 saturated heterocycles. The molecule has 0 aliphatic carbocycles. The summed E-state index contributed by atoms with van der Waals surface area (Å²) in [4.78, 5) is 33.7. The van der Waals surface area contributed by atoms with E-state index < -0.39 is 5.97 Å². The Balaban J connectivity index is 2.56. The lowest BCUT2D eigenvalue weighted by Gasteiger charge is -2.02. The number of rotatable bonds is 7. The molecule has 0 fully saturated rings. The number of benzene rings is 1. The highest BCUT2D eigenvalue weighted by Crippen LogP contribution is 2.19. The standard InChI is InChI=1S/C13H14O4S/c1-9(14)8-18-11-4-2-10(3-5-11)12(15)6-7-13(16)17/h2-5H,6-8H2,1H3,(H,16,17). The van der Waals surface area contributed by atoms with Gasteiger partial charge in [-0.2, -0.15) is 0 Å². The third-order valence-electron chi connectivity index (χ3n) is 2.18. The highest BCUT2D eigenvalue weighted by Gasteiger charge is 2.08. The van der Waals surface area contributed by atoms with Gasteiger partial charge in [-0.05, 0) is 19.1 Å². The highest BCUT2D eigenvalue weighted by molar-refractivity contribution is 8.00. The van der Waals surface area contributed by atoms with E-state index >= 15 is 0 Å². The number of hydrogen-bond donors (Lipinski definition) is 1.